The molecule has 0 unspecified atom stereocenters. The van der Waals surface area contributed by atoms with Gasteiger partial charge in [-0.1, -0.05) is 0 Å². The van der Waals surface area contributed by atoms with Crippen LogP contribution in [0, 0.1) is 0 Å². The summed E-state index contributed by atoms with van der Waals surface area (Å²) in [7, 11) is 1.48. The number of nitrogens with one attached hydrogen (secondary N) is 1. The van der Waals surface area contributed by atoms with Crippen LogP contribution in [0.5, 0.6) is 0 Å². The minimum Gasteiger partial charge on any atom is -0.480 e. The summed E-state index contributed by atoms with van der Waals surface area (Å²) in [5, 5.41) is 10.8. The van der Waals surface area contributed by atoms with Crippen molar-refractivity contribution < 1.29 is 19.4 Å². The quantitative estimate of drug-likeness (QED) is 0.479. The summed E-state index contributed by atoms with van der Waals surface area (Å²) in [5.41, 5.74) is 0. The van der Waals surface area contributed by atoms with E-state index in [0.29, 0.717) is 0 Å². The molecule has 0 radical (unpaired) electrons. The number of likely N-dealkylation sites (N-methyl/N-ethyl adjacent to an activating group) is 1. The summed E-state index contributed by atoms with van der Waals surface area (Å²) in [6.07, 6.45) is 0. The molecule has 0 saturated heterocycles. The molecule has 0 saturated carbocycles. The summed E-state index contributed by atoms with van der Waals surface area (Å²) in [4.78, 5) is 19.8. The summed E-state index contributed by atoms with van der Waals surface area (Å²) in [5.74, 6) is -1.04. The second kappa shape index (κ2) is 4.75. The standard InChI is InChI=1S/C5H9NO4/c1-6-4(5(8)9)2-10-3-7/h3-4,6H,2H2,1H3,(H,8,9)/t4-/m0/s1. The summed E-state index contributed by atoms with van der Waals surface area (Å²) >= 11 is 0. The van der Waals surface area contributed by atoms with Crippen LogP contribution < -0.4 is 5.32 Å². The summed E-state index contributed by atoms with van der Waals surface area (Å²) in [6, 6.07) is -0.815. The number of carboxylic acids is 1. The first kappa shape index (κ1) is 8.90. The van der Waals surface area contributed by atoms with Crippen LogP contribution in [0.2, 0.25) is 0 Å². The lowest BCUT2D eigenvalue weighted by Gasteiger charge is -2.07. The van der Waals surface area contributed by atoms with E-state index < -0.39 is 12.0 Å². The zero-order chi connectivity index (χ0) is 7.98. The van der Waals surface area contributed by atoms with Crippen molar-refractivity contribution >= 4 is 12.4 Å². The maximum absolute atomic E-state index is 10.2. The van der Waals surface area contributed by atoms with Gasteiger partial charge >= 0.3 is 5.97 Å². The lowest BCUT2D eigenvalue weighted by Crippen LogP contribution is -2.37. The molecule has 1 atom stereocenters. The first-order valence-corrected chi connectivity index (χ1v) is 2.67. The Labute approximate surface area is 58.0 Å². The molecule has 0 aliphatic heterocycles. The fourth-order valence-corrected chi connectivity index (χ4v) is 0.414. The molecule has 0 aliphatic carbocycles. The van der Waals surface area contributed by atoms with Crippen LogP contribution in [0.15, 0.2) is 0 Å². The van der Waals surface area contributed by atoms with Gasteiger partial charge in [0.2, 0.25) is 0 Å². The number of ether oxygens (including phenoxy) is 1. The van der Waals surface area contributed by atoms with Crippen molar-refractivity contribution in [1.82, 2.24) is 5.32 Å². The Hall–Kier alpha value is -1.10. The molecule has 0 aromatic rings. The van der Waals surface area contributed by atoms with Gasteiger partial charge in [-0.2, -0.15) is 0 Å². The smallest absolute Gasteiger partial charge is 0.324 e. The van der Waals surface area contributed by atoms with E-state index in [1.165, 1.54) is 7.05 Å². The largest absolute Gasteiger partial charge is 0.480 e. The lowest BCUT2D eigenvalue weighted by atomic mass is 10.3. The van der Waals surface area contributed by atoms with Gasteiger partial charge in [0, 0.05) is 0 Å². The van der Waals surface area contributed by atoms with E-state index in [1.807, 2.05) is 0 Å². The maximum Gasteiger partial charge on any atom is 0.324 e. The van der Waals surface area contributed by atoms with E-state index >= 15 is 0 Å². The molecule has 0 aromatic heterocycles. The number of rotatable bonds is 5. The zero-order valence-electron chi connectivity index (χ0n) is 5.53. The highest BCUT2D eigenvalue weighted by molar-refractivity contribution is 5.73. The SMILES string of the molecule is CN[C@@H](COC=O)C(=O)O. The van der Waals surface area contributed by atoms with Gasteiger partial charge < -0.3 is 15.2 Å². The van der Waals surface area contributed by atoms with Crippen LogP contribution in [-0.2, 0) is 14.3 Å². The summed E-state index contributed by atoms with van der Waals surface area (Å²) < 4.78 is 4.22. The van der Waals surface area contributed by atoms with Crippen LogP contribution in [0.25, 0.3) is 0 Å². The average molecular weight is 147 g/mol. The van der Waals surface area contributed by atoms with Gasteiger partial charge in [0.05, 0.1) is 0 Å². The fraction of sp³-hybridized carbons (Fsp3) is 0.600. The molecule has 0 aliphatic rings. The maximum atomic E-state index is 10.2. The number of aliphatic carboxylic acids is 1. The predicted molar refractivity (Wildman–Crippen MR) is 32.5 cm³/mol. The van der Waals surface area contributed by atoms with Gasteiger partial charge in [0.15, 0.2) is 0 Å². The third kappa shape index (κ3) is 3.03. The van der Waals surface area contributed by atoms with Crippen molar-refractivity contribution in [2.45, 2.75) is 6.04 Å². The van der Waals surface area contributed by atoms with E-state index in [-0.39, 0.29) is 13.1 Å². The molecule has 2 N–H and O–H groups in total. The first-order chi connectivity index (χ1) is 4.72. The average Bonchev–Trinajstić information content (AvgIpc) is 1.89. The van der Waals surface area contributed by atoms with E-state index in [1.54, 1.807) is 0 Å². The second-order valence-corrected chi connectivity index (χ2v) is 1.61. The second-order valence-electron chi connectivity index (χ2n) is 1.61. The van der Waals surface area contributed by atoms with Gasteiger partial charge in [-0.05, 0) is 7.05 Å². The van der Waals surface area contributed by atoms with Crippen molar-refractivity contribution in [1.29, 1.82) is 0 Å². The van der Waals surface area contributed by atoms with E-state index in [2.05, 4.69) is 10.1 Å². The van der Waals surface area contributed by atoms with Crippen molar-refractivity contribution in [3.05, 3.63) is 0 Å². The van der Waals surface area contributed by atoms with Crippen molar-refractivity contribution in [3.63, 3.8) is 0 Å². The zero-order valence-corrected chi connectivity index (χ0v) is 5.53. The highest BCUT2D eigenvalue weighted by atomic mass is 16.5. The highest BCUT2D eigenvalue weighted by Gasteiger charge is 2.14. The molecule has 0 aromatic carbocycles. The van der Waals surface area contributed by atoms with Gasteiger partial charge in [0.25, 0.3) is 6.47 Å². The Balaban J connectivity index is 3.60. The molecular weight excluding hydrogens is 138 g/mol. The van der Waals surface area contributed by atoms with Crippen molar-refractivity contribution in [3.8, 4) is 0 Å². The van der Waals surface area contributed by atoms with Gasteiger partial charge in [0.1, 0.15) is 12.6 Å². The molecule has 5 nitrogen and oxygen atoms in total. The lowest BCUT2D eigenvalue weighted by molar-refractivity contribution is -0.142. The molecule has 0 rings (SSSR count). The van der Waals surface area contributed by atoms with E-state index in [4.69, 9.17) is 5.11 Å². The Bertz CT molecular complexity index is 125. The molecule has 0 heterocycles. The van der Waals surface area contributed by atoms with Crippen molar-refractivity contribution in [2.75, 3.05) is 13.7 Å². The molecule has 0 amide bonds. The van der Waals surface area contributed by atoms with Crippen LogP contribution in [-0.4, -0.2) is 37.2 Å². The third-order valence-corrected chi connectivity index (χ3v) is 0.977. The van der Waals surface area contributed by atoms with Crippen LogP contribution in [0.1, 0.15) is 0 Å². The van der Waals surface area contributed by atoms with Crippen LogP contribution in [0.4, 0.5) is 0 Å². The van der Waals surface area contributed by atoms with E-state index in [0.717, 1.165) is 0 Å². The highest BCUT2D eigenvalue weighted by Crippen LogP contribution is 1.82. The van der Waals surface area contributed by atoms with Gasteiger partial charge in [-0.3, -0.25) is 9.59 Å². The number of hydrogen-bond acceptors (Lipinski definition) is 4. The Morgan fingerprint density at radius 1 is 1.90 bits per heavy atom. The molecule has 5 heteroatoms. The summed E-state index contributed by atoms with van der Waals surface area (Å²) in [6.45, 7) is 0.0720. The predicted octanol–water partition coefficient (Wildman–Crippen LogP) is -1.17. The van der Waals surface area contributed by atoms with Crippen LogP contribution in [0.3, 0.4) is 0 Å². The number of carbonyl (C=O) groups excluding carboxylic acids is 1. The normalized spacial score (nSPS) is 12.1. The third-order valence-electron chi connectivity index (χ3n) is 0.977. The molecule has 0 spiro atoms. The van der Waals surface area contributed by atoms with Gasteiger partial charge in [-0.15, -0.1) is 0 Å². The minimum absolute atomic E-state index is 0.144. The number of hydrogen-bond donors (Lipinski definition) is 2. The Morgan fingerprint density at radius 3 is 2.80 bits per heavy atom. The minimum atomic E-state index is -1.04. The van der Waals surface area contributed by atoms with Crippen molar-refractivity contribution in [2.24, 2.45) is 0 Å². The molecular formula is C5H9NO4. The monoisotopic (exact) mass is 147 g/mol. The Kier molecular flexibility index (Phi) is 4.23. The van der Waals surface area contributed by atoms with E-state index in [9.17, 15) is 9.59 Å². The number of carboxylic acid groups (broad SMARTS) is 1. The fourth-order valence-electron chi connectivity index (χ4n) is 0.414. The molecule has 10 heavy (non-hydrogen) atoms. The van der Waals surface area contributed by atoms with Crippen LogP contribution >= 0.6 is 0 Å². The Morgan fingerprint density at radius 2 is 2.50 bits per heavy atom. The van der Waals surface area contributed by atoms with Gasteiger partial charge in [-0.25, -0.2) is 0 Å². The molecule has 58 valence electrons. The topological polar surface area (TPSA) is 75.6 Å². The first-order valence-electron chi connectivity index (χ1n) is 2.67. The molecule has 0 bridgehead atoms. The molecule has 0 fully saturated rings. The number of carbonyl (C=O) groups is 2.